The Hall–Kier alpha value is -2.21. The normalized spacial score (nSPS) is 10.4. The maximum atomic E-state index is 10.7. The van der Waals surface area contributed by atoms with Gasteiger partial charge in [-0.2, -0.15) is 0 Å². The monoisotopic (exact) mass is 260 g/mol. The summed E-state index contributed by atoms with van der Waals surface area (Å²) < 4.78 is 5.53. The van der Waals surface area contributed by atoms with Crippen molar-refractivity contribution in [2.75, 3.05) is 13.1 Å². The predicted molar refractivity (Wildman–Crippen MR) is 70.1 cm³/mol. The fraction of sp³-hybridized carbons (Fsp3) is 0.308. The summed E-state index contributed by atoms with van der Waals surface area (Å²) in [5.74, 6) is 1.01. The molecule has 0 atom stereocenters. The van der Waals surface area contributed by atoms with Gasteiger partial charge < -0.3 is 15.1 Å². The van der Waals surface area contributed by atoms with Crippen LogP contribution in [0.1, 0.15) is 12.8 Å². The van der Waals surface area contributed by atoms with E-state index in [2.05, 4.69) is 20.8 Å². The first kappa shape index (κ1) is 13.2. The highest BCUT2D eigenvalue weighted by Gasteiger charge is 2.07. The Morgan fingerprint density at radius 2 is 2.00 bits per heavy atom. The van der Waals surface area contributed by atoms with E-state index in [-0.39, 0.29) is 5.91 Å². The van der Waals surface area contributed by atoms with Crippen LogP contribution in [0.4, 0.5) is 0 Å². The molecule has 2 aromatic rings. The van der Waals surface area contributed by atoms with Crippen LogP contribution in [0.25, 0.3) is 11.5 Å². The van der Waals surface area contributed by atoms with Crippen LogP contribution in [-0.2, 0) is 11.3 Å². The molecule has 19 heavy (non-hydrogen) atoms. The SMILES string of the molecule is CC(=O)NCCNCc1nnc(-c2ccccc2)o1. The molecule has 0 aliphatic carbocycles. The van der Waals surface area contributed by atoms with Crippen LogP contribution >= 0.6 is 0 Å². The molecule has 2 rings (SSSR count). The molecule has 0 fully saturated rings. The molecule has 0 bridgehead atoms. The molecule has 1 heterocycles. The zero-order valence-electron chi connectivity index (χ0n) is 10.7. The van der Waals surface area contributed by atoms with Crippen LogP contribution in [0.2, 0.25) is 0 Å². The van der Waals surface area contributed by atoms with E-state index in [9.17, 15) is 4.79 Å². The smallest absolute Gasteiger partial charge is 0.247 e. The van der Waals surface area contributed by atoms with Crippen molar-refractivity contribution >= 4 is 5.91 Å². The fourth-order valence-electron chi connectivity index (χ4n) is 1.54. The molecule has 1 amide bonds. The third-order valence-corrected chi connectivity index (χ3v) is 2.44. The molecule has 0 saturated carbocycles. The minimum atomic E-state index is -0.0362. The molecule has 6 heteroatoms. The third kappa shape index (κ3) is 4.18. The highest BCUT2D eigenvalue weighted by molar-refractivity contribution is 5.72. The van der Waals surface area contributed by atoms with Crippen molar-refractivity contribution in [3.63, 3.8) is 0 Å². The largest absolute Gasteiger partial charge is 0.419 e. The number of nitrogens with one attached hydrogen (secondary N) is 2. The Kier molecular flexibility index (Phi) is 4.63. The first-order chi connectivity index (χ1) is 9.25. The van der Waals surface area contributed by atoms with Crippen molar-refractivity contribution in [3.05, 3.63) is 36.2 Å². The predicted octanol–water partition coefficient (Wildman–Crippen LogP) is 0.962. The van der Waals surface area contributed by atoms with Gasteiger partial charge in [0.15, 0.2) is 0 Å². The molecular formula is C13H16N4O2. The number of amides is 1. The van der Waals surface area contributed by atoms with Gasteiger partial charge in [-0.3, -0.25) is 4.79 Å². The second-order valence-electron chi connectivity index (χ2n) is 4.03. The van der Waals surface area contributed by atoms with Crippen LogP contribution in [-0.4, -0.2) is 29.2 Å². The van der Waals surface area contributed by atoms with Crippen molar-refractivity contribution in [1.82, 2.24) is 20.8 Å². The van der Waals surface area contributed by atoms with E-state index in [1.807, 2.05) is 30.3 Å². The quantitative estimate of drug-likeness (QED) is 0.756. The molecule has 0 spiro atoms. The number of hydrogen-bond acceptors (Lipinski definition) is 5. The van der Waals surface area contributed by atoms with E-state index in [1.165, 1.54) is 6.92 Å². The number of rotatable bonds is 6. The number of carbonyl (C=O) groups excluding carboxylic acids is 1. The number of carbonyl (C=O) groups is 1. The molecule has 0 unspecified atom stereocenters. The molecule has 0 saturated heterocycles. The maximum absolute atomic E-state index is 10.7. The second-order valence-corrected chi connectivity index (χ2v) is 4.03. The molecule has 2 N–H and O–H groups in total. The fourth-order valence-corrected chi connectivity index (χ4v) is 1.54. The van der Waals surface area contributed by atoms with E-state index in [1.54, 1.807) is 0 Å². The van der Waals surface area contributed by atoms with Crippen molar-refractivity contribution in [2.45, 2.75) is 13.5 Å². The lowest BCUT2D eigenvalue weighted by Gasteiger charge is -2.02. The number of hydrogen-bond donors (Lipinski definition) is 2. The topological polar surface area (TPSA) is 80.0 Å². The Bertz CT molecular complexity index is 524. The molecule has 1 aromatic heterocycles. The summed E-state index contributed by atoms with van der Waals surface area (Å²) in [4.78, 5) is 10.7. The summed E-state index contributed by atoms with van der Waals surface area (Å²) in [7, 11) is 0. The molecule has 0 radical (unpaired) electrons. The molecule has 1 aromatic carbocycles. The van der Waals surface area contributed by atoms with Gasteiger partial charge in [-0.15, -0.1) is 10.2 Å². The van der Waals surface area contributed by atoms with E-state index in [4.69, 9.17) is 4.42 Å². The second kappa shape index (κ2) is 6.65. The van der Waals surface area contributed by atoms with Gasteiger partial charge in [-0.1, -0.05) is 18.2 Å². The Balaban J connectivity index is 1.80. The average molecular weight is 260 g/mol. The van der Waals surface area contributed by atoms with Crippen molar-refractivity contribution in [3.8, 4) is 11.5 Å². The average Bonchev–Trinajstić information content (AvgIpc) is 2.88. The van der Waals surface area contributed by atoms with Crippen molar-refractivity contribution in [1.29, 1.82) is 0 Å². The number of aromatic nitrogens is 2. The van der Waals surface area contributed by atoms with E-state index < -0.39 is 0 Å². The van der Waals surface area contributed by atoms with Gasteiger partial charge in [0.1, 0.15) is 0 Å². The lowest BCUT2D eigenvalue weighted by Crippen LogP contribution is -2.29. The summed E-state index contributed by atoms with van der Waals surface area (Å²) in [5, 5.41) is 13.8. The van der Waals surface area contributed by atoms with Gasteiger partial charge in [0.05, 0.1) is 6.54 Å². The van der Waals surface area contributed by atoms with Crippen LogP contribution in [0.5, 0.6) is 0 Å². The first-order valence-electron chi connectivity index (χ1n) is 6.08. The molecule has 6 nitrogen and oxygen atoms in total. The van der Waals surface area contributed by atoms with Gasteiger partial charge in [0.25, 0.3) is 0 Å². The number of benzene rings is 1. The lowest BCUT2D eigenvalue weighted by atomic mass is 10.2. The molecule has 100 valence electrons. The van der Waals surface area contributed by atoms with Gasteiger partial charge in [-0.25, -0.2) is 0 Å². The van der Waals surface area contributed by atoms with Crippen LogP contribution in [0.3, 0.4) is 0 Å². The Morgan fingerprint density at radius 3 is 2.74 bits per heavy atom. The maximum Gasteiger partial charge on any atom is 0.247 e. The van der Waals surface area contributed by atoms with Crippen LogP contribution in [0, 0.1) is 0 Å². The molecular weight excluding hydrogens is 244 g/mol. The van der Waals surface area contributed by atoms with Crippen LogP contribution in [0.15, 0.2) is 34.7 Å². The van der Waals surface area contributed by atoms with E-state index in [0.717, 1.165) is 5.56 Å². The summed E-state index contributed by atoms with van der Waals surface area (Å²) in [6.07, 6.45) is 0. The Morgan fingerprint density at radius 1 is 1.21 bits per heavy atom. The van der Waals surface area contributed by atoms with Crippen LogP contribution < -0.4 is 10.6 Å². The summed E-state index contributed by atoms with van der Waals surface area (Å²) in [6, 6.07) is 9.61. The zero-order valence-corrected chi connectivity index (χ0v) is 10.7. The standard InChI is InChI=1S/C13H16N4O2/c1-10(18)15-8-7-14-9-12-16-17-13(19-12)11-5-3-2-4-6-11/h2-6,14H,7-9H2,1H3,(H,15,18). The first-order valence-corrected chi connectivity index (χ1v) is 6.08. The molecule has 0 aliphatic rings. The molecule has 0 aliphatic heterocycles. The van der Waals surface area contributed by atoms with E-state index >= 15 is 0 Å². The number of nitrogens with zero attached hydrogens (tertiary/aromatic N) is 2. The van der Waals surface area contributed by atoms with Gasteiger partial charge in [0, 0.05) is 25.6 Å². The van der Waals surface area contributed by atoms with Gasteiger partial charge >= 0.3 is 0 Å². The minimum absolute atomic E-state index is 0.0362. The zero-order chi connectivity index (χ0) is 13.5. The lowest BCUT2D eigenvalue weighted by molar-refractivity contribution is -0.118. The van der Waals surface area contributed by atoms with Crippen molar-refractivity contribution in [2.24, 2.45) is 0 Å². The summed E-state index contributed by atoms with van der Waals surface area (Å²) in [5.41, 5.74) is 0.902. The van der Waals surface area contributed by atoms with Gasteiger partial charge in [0.2, 0.25) is 17.7 Å². The highest BCUT2D eigenvalue weighted by atomic mass is 16.4. The van der Waals surface area contributed by atoms with Gasteiger partial charge in [-0.05, 0) is 12.1 Å². The Labute approximate surface area is 111 Å². The van der Waals surface area contributed by atoms with Crippen molar-refractivity contribution < 1.29 is 9.21 Å². The summed E-state index contributed by atoms with van der Waals surface area (Å²) >= 11 is 0. The minimum Gasteiger partial charge on any atom is -0.419 e. The summed E-state index contributed by atoms with van der Waals surface area (Å²) in [6.45, 7) is 3.21. The highest BCUT2D eigenvalue weighted by Crippen LogP contribution is 2.16. The third-order valence-electron chi connectivity index (χ3n) is 2.44. The van der Waals surface area contributed by atoms with E-state index in [0.29, 0.717) is 31.4 Å².